The zero-order valence-corrected chi connectivity index (χ0v) is 18.1. The van der Waals surface area contributed by atoms with Gasteiger partial charge in [-0.15, -0.1) is 0 Å². The molecule has 0 unspecified atom stereocenters. The van der Waals surface area contributed by atoms with Crippen LogP contribution in [0.4, 0.5) is 0 Å². The number of ketones is 1. The fourth-order valence-corrected chi connectivity index (χ4v) is 5.05. The number of methoxy groups -OCH3 is 1. The van der Waals surface area contributed by atoms with Crippen molar-refractivity contribution >= 4 is 27.7 Å². The number of rotatable bonds is 6. The summed E-state index contributed by atoms with van der Waals surface area (Å²) in [6.07, 6.45) is 3.86. The van der Waals surface area contributed by atoms with Crippen LogP contribution in [0.3, 0.4) is 0 Å². The molecule has 3 heterocycles. The van der Waals surface area contributed by atoms with Crippen LogP contribution in [-0.4, -0.2) is 57.6 Å². The molecule has 0 spiro atoms. The van der Waals surface area contributed by atoms with Crippen LogP contribution in [0, 0.1) is 6.92 Å². The van der Waals surface area contributed by atoms with Crippen LogP contribution in [0.5, 0.6) is 0 Å². The molecule has 0 amide bonds. The van der Waals surface area contributed by atoms with Crippen molar-refractivity contribution in [2.75, 3.05) is 26.7 Å². The molecular formula is C25H28N4O2. The molecule has 1 fully saturated rings. The molecular weight excluding hydrogens is 388 g/mol. The van der Waals surface area contributed by atoms with E-state index in [0.717, 1.165) is 65.7 Å². The minimum absolute atomic E-state index is 0.162. The molecule has 2 aromatic carbocycles. The first kappa shape index (κ1) is 20.0. The van der Waals surface area contributed by atoms with Crippen LogP contribution >= 0.6 is 0 Å². The van der Waals surface area contributed by atoms with Crippen molar-refractivity contribution in [3.05, 3.63) is 66.1 Å². The van der Waals surface area contributed by atoms with Crippen LogP contribution in [0.15, 0.2) is 54.9 Å². The number of Topliss-reactive ketones (excluding diaryl/α,β-unsaturated/α-hetero) is 1. The van der Waals surface area contributed by atoms with Crippen LogP contribution in [-0.2, 0) is 11.3 Å². The number of aryl methyl sites for hydroxylation is 1. The van der Waals surface area contributed by atoms with Crippen LogP contribution < -0.4 is 0 Å². The summed E-state index contributed by atoms with van der Waals surface area (Å²) in [7, 11) is 1.79. The number of ether oxygens (including phenoxy) is 1. The van der Waals surface area contributed by atoms with Crippen molar-refractivity contribution in [2.45, 2.75) is 31.9 Å². The molecule has 0 bridgehead atoms. The maximum atomic E-state index is 13.3. The Bertz CT molecular complexity index is 1240. The monoisotopic (exact) mass is 416 g/mol. The molecule has 0 aliphatic carbocycles. The normalized spacial score (nSPS) is 19.9. The van der Waals surface area contributed by atoms with Gasteiger partial charge in [0.2, 0.25) is 0 Å². The van der Waals surface area contributed by atoms with Gasteiger partial charge in [-0.3, -0.25) is 9.69 Å². The molecule has 0 saturated carbocycles. The second kappa shape index (κ2) is 7.94. The van der Waals surface area contributed by atoms with E-state index in [1.807, 2.05) is 55.7 Å². The highest BCUT2D eigenvalue weighted by Gasteiger charge is 2.37. The number of piperidine rings is 1. The molecule has 5 rings (SSSR count). The van der Waals surface area contributed by atoms with E-state index in [1.165, 1.54) is 0 Å². The van der Waals surface area contributed by atoms with Crippen LogP contribution in [0.1, 0.15) is 28.9 Å². The lowest BCUT2D eigenvalue weighted by atomic mass is 9.91. The molecule has 1 N–H and O–H groups in total. The third kappa shape index (κ3) is 3.66. The quantitative estimate of drug-likeness (QED) is 0.479. The zero-order chi connectivity index (χ0) is 21.4. The number of hydrogen-bond acceptors (Lipinski definition) is 4. The van der Waals surface area contributed by atoms with Gasteiger partial charge in [0.25, 0.3) is 0 Å². The fourth-order valence-electron chi connectivity index (χ4n) is 5.05. The number of para-hydroxylation sites is 3. The smallest absolute Gasteiger partial charge is 0.179 e. The highest BCUT2D eigenvalue weighted by molar-refractivity contribution is 6.10. The van der Waals surface area contributed by atoms with E-state index >= 15 is 0 Å². The summed E-state index contributed by atoms with van der Waals surface area (Å²) >= 11 is 0. The Hall–Kier alpha value is -2.96. The van der Waals surface area contributed by atoms with Crippen molar-refractivity contribution in [3.63, 3.8) is 0 Å². The molecule has 1 aliphatic rings. The van der Waals surface area contributed by atoms with Crippen LogP contribution in [0.2, 0.25) is 0 Å². The highest BCUT2D eigenvalue weighted by Crippen LogP contribution is 2.29. The van der Waals surface area contributed by atoms with E-state index in [4.69, 9.17) is 4.74 Å². The third-order valence-electron chi connectivity index (χ3n) is 6.58. The zero-order valence-electron chi connectivity index (χ0n) is 18.1. The lowest BCUT2D eigenvalue weighted by Crippen LogP contribution is -2.52. The number of carbonyl (C=O) groups is 1. The van der Waals surface area contributed by atoms with Gasteiger partial charge in [-0.2, -0.15) is 0 Å². The minimum atomic E-state index is -0.336. The minimum Gasteiger partial charge on any atom is -0.375 e. The Labute approximate surface area is 181 Å². The average molecular weight is 417 g/mol. The number of nitrogens with zero attached hydrogens (tertiary/aromatic N) is 3. The molecule has 4 aromatic rings. The summed E-state index contributed by atoms with van der Waals surface area (Å²) in [6, 6.07) is 16.2. The number of nitrogens with one attached hydrogen (secondary N) is 1. The van der Waals surface area contributed by atoms with Gasteiger partial charge in [-0.1, -0.05) is 30.3 Å². The highest BCUT2D eigenvalue weighted by atomic mass is 16.5. The number of fused-ring (bicyclic) bond motifs is 2. The summed E-state index contributed by atoms with van der Waals surface area (Å²) in [6.45, 7) is 4.73. The van der Waals surface area contributed by atoms with Gasteiger partial charge in [0.1, 0.15) is 0 Å². The van der Waals surface area contributed by atoms with E-state index in [2.05, 4.69) is 25.5 Å². The number of imidazole rings is 1. The lowest BCUT2D eigenvalue weighted by molar-refractivity contribution is -0.0728. The molecule has 6 nitrogen and oxygen atoms in total. The van der Waals surface area contributed by atoms with Gasteiger partial charge in [0, 0.05) is 35.8 Å². The summed E-state index contributed by atoms with van der Waals surface area (Å²) in [5.41, 5.74) is 4.53. The summed E-state index contributed by atoms with van der Waals surface area (Å²) < 4.78 is 8.26. The van der Waals surface area contributed by atoms with E-state index in [0.29, 0.717) is 6.54 Å². The molecule has 160 valence electrons. The largest absolute Gasteiger partial charge is 0.375 e. The summed E-state index contributed by atoms with van der Waals surface area (Å²) in [4.78, 5) is 23.4. The topological polar surface area (TPSA) is 63.1 Å². The first-order chi connectivity index (χ1) is 15.1. The first-order valence-electron chi connectivity index (χ1n) is 10.9. The number of H-pyrrole nitrogens is 1. The summed E-state index contributed by atoms with van der Waals surface area (Å²) in [5, 5.41) is 1.00. The number of aromatic nitrogens is 3. The third-order valence-corrected chi connectivity index (χ3v) is 6.58. The van der Waals surface area contributed by atoms with E-state index in [1.54, 1.807) is 7.11 Å². The SMILES string of the molecule is CO[C@]1(Cn2cnc3ccccc32)CCCN(CC(=O)c2c(C)[nH]c3ccccc23)C1. The Morgan fingerprint density at radius 2 is 2.00 bits per heavy atom. The number of carbonyl (C=O) groups excluding carboxylic acids is 1. The lowest BCUT2D eigenvalue weighted by Gasteiger charge is -2.42. The van der Waals surface area contributed by atoms with Crippen LogP contribution in [0.25, 0.3) is 21.9 Å². The van der Waals surface area contributed by atoms with Gasteiger partial charge < -0.3 is 14.3 Å². The first-order valence-corrected chi connectivity index (χ1v) is 10.9. The number of likely N-dealkylation sites (tertiary alicyclic amines) is 1. The van der Waals surface area contributed by atoms with Crippen molar-refractivity contribution < 1.29 is 9.53 Å². The molecule has 6 heteroatoms. The van der Waals surface area contributed by atoms with Crippen molar-refractivity contribution in [2.24, 2.45) is 0 Å². The van der Waals surface area contributed by atoms with Gasteiger partial charge in [0.15, 0.2) is 5.78 Å². The number of hydrogen-bond donors (Lipinski definition) is 1. The van der Waals surface area contributed by atoms with Gasteiger partial charge in [-0.05, 0) is 44.5 Å². The fraction of sp³-hybridized carbons (Fsp3) is 0.360. The van der Waals surface area contributed by atoms with Crippen molar-refractivity contribution in [3.8, 4) is 0 Å². The Kier molecular flexibility index (Phi) is 5.12. The van der Waals surface area contributed by atoms with E-state index < -0.39 is 0 Å². The predicted octanol–water partition coefficient (Wildman–Crippen LogP) is 4.19. The Morgan fingerprint density at radius 1 is 1.19 bits per heavy atom. The van der Waals surface area contributed by atoms with Crippen molar-refractivity contribution in [1.82, 2.24) is 19.4 Å². The van der Waals surface area contributed by atoms with E-state index in [-0.39, 0.29) is 11.4 Å². The molecule has 31 heavy (non-hydrogen) atoms. The van der Waals surface area contributed by atoms with Gasteiger partial charge in [0.05, 0.1) is 36.1 Å². The Morgan fingerprint density at radius 3 is 2.87 bits per heavy atom. The average Bonchev–Trinajstić information content (AvgIpc) is 3.34. The van der Waals surface area contributed by atoms with Crippen molar-refractivity contribution in [1.29, 1.82) is 0 Å². The maximum Gasteiger partial charge on any atom is 0.179 e. The number of aromatic amines is 1. The second-order valence-electron chi connectivity index (χ2n) is 8.66. The second-order valence-corrected chi connectivity index (χ2v) is 8.66. The molecule has 1 saturated heterocycles. The summed E-state index contributed by atoms with van der Waals surface area (Å²) in [5.74, 6) is 0.162. The molecule has 2 aromatic heterocycles. The molecule has 0 radical (unpaired) electrons. The Balaban J connectivity index is 1.36. The molecule has 1 atom stereocenters. The van der Waals surface area contributed by atoms with E-state index in [9.17, 15) is 4.79 Å². The van der Waals surface area contributed by atoms with Gasteiger partial charge in [-0.25, -0.2) is 4.98 Å². The number of benzene rings is 2. The standard InChI is InChI=1S/C25H28N4O2/c1-18-24(19-8-3-4-9-20(19)27-18)23(30)14-28-13-7-12-25(15-28,31-2)16-29-17-26-21-10-5-6-11-22(21)29/h3-6,8-11,17,27H,7,12-16H2,1-2H3/t25-/m1/s1. The predicted molar refractivity (Wildman–Crippen MR) is 123 cm³/mol. The van der Waals surface area contributed by atoms with Gasteiger partial charge >= 0.3 is 0 Å². The maximum absolute atomic E-state index is 13.3. The molecule has 1 aliphatic heterocycles.